The smallest absolute Gasteiger partial charge is 0.255 e. The number of fused-ring (bicyclic) bond motifs is 2. The SMILES string of the molecule is COC[C@H]1CCCN1C(=O)c1ccc(-c2ccc3c(n2)Oc2ccccc2[C@@H]3C(C)(C)C(=O)Nc2nncs2)cc1Cl. The third kappa shape index (κ3) is 5.14. The van der Waals surface area contributed by atoms with E-state index in [2.05, 4.69) is 15.5 Å². The number of rotatable bonds is 7. The third-order valence-corrected chi connectivity index (χ3v) is 8.94. The number of halogens is 1. The Kier molecular flexibility index (Phi) is 7.69. The van der Waals surface area contributed by atoms with E-state index >= 15 is 0 Å². The summed E-state index contributed by atoms with van der Waals surface area (Å²) in [7, 11) is 1.65. The highest BCUT2D eigenvalue weighted by molar-refractivity contribution is 7.13. The highest BCUT2D eigenvalue weighted by atomic mass is 35.5. The molecule has 2 aliphatic rings. The molecule has 4 aromatic rings. The minimum Gasteiger partial charge on any atom is -0.438 e. The molecule has 2 atom stereocenters. The Morgan fingerprint density at radius 2 is 2.00 bits per heavy atom. The lowest BCUT2D eigenvalue weighted by atomic mass is 9.69. The average molecular weight is 604 g/mol. The Hall–Kier alpha value is -3.86. The summed E-state index contributed by atoms with van der Waals surface area (Å²) < 4.78 is 11.6. The first-order chi connectivity index (χ1) is 20.3. The number of aromatic nitrogens is 3. The Bertz CT molecular complexity index is 1640. The molecule has 1 saturated heterocycles. The summed E-state index contributed by atoms with van der Waals surface area (Å²) in [5.41, 5.74) is 4.23. The summed E-state index contributed by atoms with van der Waals surface area (Å²) in [6, 6.07) is 16.9. The number of amides is 2. The number of nitrogens with zero attached hydrogens (tertiary/aromatic N) is 4. The Morgan fingerprint density at radius 3 is 2.76 bits per heavy atom. The van der Waals surface area contributed by atoms with Gasteiger partial charge in [-0.3, -0.25) is 9.59 Å². The molecule has 1 N–H and O–H groups in total. The number of benzene rings is 2. The van der Waals surface area contributed by atoms with Crippen LogP contribution in [0.3, 0.4) is 0 Å². The summed E-state index contributed by atoms with van der Waals surface area (Å²) in [5.74, 6) is 0.446. The Balaban J connectivity index is 1.32. The van der Waals surface area contributed by atoms with E-state index < -0.39 is 5.41 Å². The standard InChI is InChI=1S/C31H30ClN5O4S/c1-31(2,29(39)35-30-36-33-17-42-30)26-21-8-4-5-9-25(21)41-27-22(26)12-13-24(34-27)18-10-11-20(23(32)15-18)28(38)37-14-6-7-19(37)16-40-3/h4-5,8-13,15,17,19,26H,6-7,14,16H2,1-3H3,(H,35,36,39)/t19-,26+/m1/s1. The number of carbonyl (C=O) groups is 2. The van der Waals surface area contributed by atoms with E-state index in [1.807, 2.05) is 61.2 Å². The van der Waals surface area contributed by atoms with Gasteiger partial charge in [0.05, 0.1) is 34.3 Å². The van der Waals surface area contributed by atoms with Gasteiger partial charge in [-0.2, -0.15) is 0 Å². The van der Waals surface area contributed by atoms with E-state index in [0.29, 0.717) is 46.2 Å². The molecular weight excluding hydrogens is 574 g/mol. The zero-order valence-corrected chi connectivity index (χ0v) is 25.0. The van der Waals surface area contributed by atoms with Gasteiger partial charge in [0.25, 0.3) is 5.91 Å². The first kappa shape index (κ1) is 28.3. The maximum absolute atomic E-state index is 13.5. The second kappa shape index (κ2) is 11.4. The topological polar surface area (TPSA) is 107 Å². The minimum atomic E-state index is -0.884. The van der Waals surface area contributed by atoms with Gasteiger partial charge >= 0.3 is 0 Å². The lowest BCUT2D eigenvalue weighted by molar-refractivity contribution is -0.124. The molecule has 4 heterocycles. The predicted octanol–water partition coefficient (Wildman–Crippen LogP) is 6.41. The van der Waals surface area contributed by atoms with E-state index in [1.165, 1.54) is 11.3 Å². The van der Waals surface area contributed by atoms with Gasteiger partial charge in [-0.1, -0.05) is 67.1 Å². The zero-order chi connectivity index (χ0) is 29.4. The fourth-order valence-electron chi connectivity index (χ4n) is 5.86. The first-order valence-corrected chi connectivity index (χ1v) is 15.0. The fourth-order valence-corrected chi connectivity index (χ4v) is 6.56. The molecule has 0 bridgehead atoms. The van der Waals surface area contributed by atoms with Gasteiger partial charge in [0.2, 0.25) is 16.9 Å². The molecule has 11 heteroatoms. The van der Waals surface area contributed by atoms with Crippen LogP contribution >= 0.6 is 22.9 Å². The molecule has 6 rings (SSSR count). The molecule has 0 aliphatic carbocycles. The van der Waals surface area contributed by atoms with Crippen LogP contribution in [0.2, 0.25) is 5.02 Å². The van der Waals surface area contributed by atoms with Crippen LogP contribution in [-0.4, -0.2) is 58.2 Å². The van der Waals surface area contributed by atoms with Crippen molar-refractivity contribution in [3.63, 3.8) is 0 Å². The number of hydrogen-bond acceptors (Lipinski definition) is 8. The average Bonchev–Trinajstić information content (AvgIpc) is 3.67. The summed E-state index contributed by atoms with van der Waals surface area (Å²) in [6.45, 7) is 5.00. The highest BCUT2D eigenvalue weighted by Gasteiger charge is 2.44. The number of para-hydroxylation sites is 1. The van der Waals surface area contributed by atoms with Crippen LogP contribution in [0.5, 0.6) is 11.6 Å². The van der Waals surface area contributed by atoms with Crippen molar-refractivity contribution in [2.75, 3.05) is 25.6 Å². The maximum Gasteiger partial charge on any atom is 0.255 e. The lowest BCUT2D eigenvalue weighted by Gasteiger charge is -2.37. The second-order valence-electron chi connectivity index (χ2n) is 11.0. The molecule has 0 unspecified atom stereocenters. The van der Waals surface area contributed by atoms with Gasteiger partial charge in [-0.05, 0) is 37.1 Å². The van der Waals surface area contributed by atoms with Crippen molar-refractivity contribution in [2.24, 2.45) is 5.41 Å². The summed E-state index contributed by atoms with van der Waals surface area (Å²) in [6.07, 6.45) is 1.86. The zero-order valence-electron chi connectivity index (χ0n) is 23.5. The number of carbonyl (C=O) groups excluding carboxylic acids is 2. The minimum absolute atomic E-state index is 0.0538. The van der Waals surface area contributed by atoms with Gasteiger partial charge in [0.15, 0.2) is 0 Å². The molecule has 216 valence electrons. The number of hydrogen-bond donors (Lipinski definition) is 1. The molecule has 0 saturated carbocycles. The molecule has 0 radical (unpaired) electrons. The van der Waals surface area contributed by atoms with Gasteiger partial charge in [0.1, 0.15) is 11.3 Å². The summed E-state index contributed by atoms with van der Waals surface area (Å²) in [4.78, 5) is 33.5. The molecule has 2 aromatic heterocycles. The van der Waals surface area contributed by atoms with E-state index in [-0.39, 0.29) is 23.8 Å². The van der Waals surface area contributed by atoms with Gasteiger partial charge in [-0.25, -0.2) is 4.98 Å². The van der Waals surface area contributed by atoms with Crippen LogP contribution in [0.1, 0.15) is 54.1 Å². The van der Waals surface area contributed by atoms with Crippen molar-refractivity contribution in [1.29, 1.82) is 0 Å². The van der Waals surface area contributed by atoms with Gasteiger partial charge < -0.3 is 19.7 Å². The van der Waals surface area contributed by atoms with Gasteiger partial charge in [0, 0.05) is 36.3 Å². The number of ether oxygens (including phenoxy) is 2. The number of pyridine rings is 1. The van der Waals surface area contributed by atoms with Crippen molar-refractivity contribution in [3.8, 4) is 22.9 Å². The summed E-state index contributed by atoms with van der Waals surface area (Å²) in [5, 5.41) is 11.5. The number of methoxy groups -OCH3 is 1. The predicted molar refractivity (Wildman–Crippen MR) is 161 cm³/mol. The fraction of sp³-hybridized carbons (Fsp3) is 0.323. The number of anilines is 1. The Labute approximate surface area is 252 Å². The van der Waals surface area contributed by atoms with Crippen LogP contribution in [0.25, 0.3) is 11.3 Å². The monoisotopic (exact) mass is 603 g/mol. The van der Waals surface area contributed by atoms with Crippen molar-refractivity contribution < 1.29 is 19.1 Å². The molecule has 42 heavy (non-hydrogen) atoms. The maximum atomic E-state index is 13.5. The third-order valence-electron chi connectivity index (χ3n) is 8.02. The van der Waals surface area contributed by atoms with E-state index in [1.54, 1.807) is 24.8 Å². The van der Waals surface area contributed by atoms with E-state index in [0.717, 1.165) is 29.5 Å². The molecule has 2 aliphatic heterocycles. The molecule has 1 fully saturated rings. The molecule has 0 spiro atoms. The van der Waals surface area contributed by atoms with E-state index in [9.17, 15) is 9.59 Å². The van der Waals surface area contributed by atoms with Crippen molar-refractivity contribution in [1.82, 2.24) is 20.1 Å². The first-order valence-electron chi connectivity index (χ1n) is 13.7. The molecule has 9 nitrogen and oxygen atoms in total. The largest absolute Gasteiger partial charge is 0.438 e. The van der Waals surface area contributed by atoms with Crippen molar-refractivity contribution >= 4 is 39.9 Å². The van der Waals surface area contributed by atoms with Gasteiger partial charge in [-0.15, -0.1) is 10.2 Å². The van der Waals surface area contributed by atoms with Crippen molar-refractivity contribution in [2.45, 2.75) is 38.6 Å². The Morgan fingerprint density at radius 1 is 1.17 bits per heavy atom. The molecule has 2 aromatic carbocycles. The van der Waals surface area contributed by atoms with Crippen LogP contribution in [0.4, 0.5) is 5.13 Å². The van der Waals surface area contributed by atoms with Crippen LogP contribution in [0.15, 0.2) is 60.1 Å². The lowest BCUT2D eigenvalue weighted by Crippen LogP contribution is -2.38. The number of likely N-dealkylation sites (tertiary alicyclic amines) is 1. The van der Waals surface area contributed by atoms with Crippen molar-refractivity contribution in [3.05, 3.63) is 81.8 Å². The van der Waals surface area contributed by atoms with E-state index in [4.69, 9.17) is 26.1 Å². The number of nitrogens with one attached hydrogen (secondary N) is 1. The quantitative estimate of drug-likeness (QED) is 0.260. The second-order valence-corrected chi connectivity index (χ2v) is 12.3. The summed E-state index contributed by atoms with van der Waals surface area (Å²) >= 11 is 7.94. The molecule has 2 amide bonds. The van der Waals surface area contributed by atoms with Crippen LogP contribution in [0, 0.1) is 5.41 Å². The van der Waals surface area contributed by atoms with Crippen LogP contribution in [-0.2, 0) is 9.53 Å². The van der Waals surface area contributed by atoms with Crippen LogP contribution < -0.4 is 10.1 Å². The highest BCUT2D eigenvalue weighted by Crippen LogP contribution is 2.52. The molecular formula is C31H30ClN5O4S. The normalized spacial score (nSPS) is 17.8.